The number of hydrogen-bond donors (Lipinski definition) is 1. The van der Waals surface area contributed by atoms with E-state index in [9.17, 15) is 14.4 Å². The van der Waals surface area contributed by atoms with Crippen LogP contribution in [-0.4, -0.2) is 39.9 Å². The van der Waals surface area contributed by atoms with Crippen molar-refractivity contribution in [1.82, 2.24) is 15.0 Å². The number of carbonyl (C=O) groups excluding carboxylic acids is 2. The molecule has 1 N–H and O–H groups in total. The maximum atomic E-state index is 12.6. The Hall–Kier alpha value is -2.32. The van der Waals surface area contributed by atoms with Gasteiger partial charge >= 0.3 is 0 Å². The molecular weight excluding hydrogens is 360 g/mol. The number of nitrogens with zero attached hydrogens (tertiary/aromatic N) is 4. The molecule has 1 atom stereocenters. The highest BCUT2D eigenvalue weighted by atomic mass is 28.4. The van der Waals surface area contributed by atoms with Crippen molar-refractivity contribution in [2.24, 2.45) is 0 Å². The summed E-state index contributed by atoms with van der Waals surface area (Å²) in [5, 5.41) is 8.06. The third-order valence-corrected chi connectivity index (χ3v) is 9.38. The fourth-order valence-corrected chi connectivity index (χ4v) is 3.75. The highest BCUT2D eigenvalue weighted by molar-refractivity contribution is 6.72. The molecular formula is C19H26N4O3Si. The fourth-order valence-electron chi connectivity index (χ4n) is 2.99. The molecule has 0 unspecified atom stereocenters. The van der Waals surface area contributed by atoms with Gasteiger partial charge in [0.1, 0.15) is 0 Å². The molecule has 1 aromatic heterocycles. The summed E-state index contributed by atoms with van der Waals surface area (Å²) in [4.78, 5) is 36.6. The second-order valence-electron chi connectivity index (χ2n) is 8.38. The lowest BCUT2D eigenvalue weighted by Gasteiger charge is -2.35. The van der Waals surface area contributed by atoms with Crippen LogP contribution in [-0.2, 0) is 0 Å². The average Bonchev–Trinajstić information content (AvgIpc) is 3.16. The van der Waals surface area contributed by atoms with E-state index in [0.717, 1.165) is 17.7 Å². The van der Waals surface area contributed by atoms with Crippen LogP contribution in [0.25, 0.3) is 0 Å². The number of rotatable bonds is 6. The third-order valence-electron chi connectivity index (χ3n) is 5.82. The van der Waals surface area contributed by atoms with Crippen LogP contribution in [0.3, 0.4) is 0 Å². The van der Waals surface area contributed by atoms with Crippen molar-refractivity contribution in [2.45, 2.75) is 57.8 Å². The second kappa shape index (κ2) is 6.69. The first-order valence-electron chi connectivity index (χ1n) is 9.15. The second-order valence-corrected chi connectivity index (χ2v) is 12.9. The van der Waals surface area contributed by atoms with Gasteiger partial charge in [-0.15, -0.1) is 5.10 Å². The van der Waals surface area contributed by atoms with Gasteiger partial charge in [0.2, 0.25) is 0 Å². The molecule has 0 fully saturated rings. The molecule has 8 heteroatoms. The number of fused-ring (bicyclic) bond motifs is 1. The van der Waals surface area contributed by atoms with E-state index in [1.807, 2.05) is 20.0 Å². The minimum atomic E-state index is -2.27. The Morgan fingerprint density at radius 2 is 1.70 bits per heavy atom. The van der Waals surface area contributed by atoms with Crippen LogP contribution in [0.5, 0.6) is 0 Å². The number of hydrogen-bond acceptors (Lipinski definition) is 5. The summed E-state index contributed by atoms with van der Waals surface area (Å²) in [6, 6.07) is 6.80. The van der Waals surface area contributed by atoms with Crippen molar-refractivity contribution in [3.63, 3.8) is 0 Å². The summed E-state index contributed by atoms with van der Waals surface area (Å²) in [5.41, 5.74) is 0.781. The molecule has 0 bridgehead atoms. The van der Waals surface area contributed by atoms with Crippen LogP contribution in [0.1, 0.15) is 60.4 Å². The maximum absolute atomic E-state index is 12.6. The third kappa shape index (κ3) is 3.46. The predicted molar refractivity (Wildman–Crippen MR) is 105 cm³/mol. The molecule has 1 aliphatic rings. The van der Waals surface area contributed by atoms with Crippen molar-refractivity contribution in [3.05, 3.63) is 41.6 Å². The summed E-state index contributed by atoms with van der Waals surface area (Å²) in [7, 11) is -2.27. The van der Waals surface area contributed by atoms with Gasteiger partial charge in [0, 0.05) is 0 Å². The van der Waals surface area contributed by atoms with Crippen LogP contribution in [0.15, 0.2) is 30.5 Å². The average molecular weight is 387 g/mol. The van der Waals surface area contributed by atoms with E-state index in [1.165, 1.54) is 0 Å². The molecule has 1 aromatic carbocycles. The van der Waals surface area contributed by atoms with Crippen LogP contribution in [0, 0.1) is 0 Å². The molecule has 2 amide bonds. The smallest absolute Gasteiger partial charge is 0.267 e. The number of anilines is 1. The molecule has 2 aromatic rings. The maximum Gasteiger partial charge on any atom is 0.267 e. The van der Waals surface area contributed by atoms with E-state index in [4.69, 9.17) is 0 Å². The van der Waals surface area contributed by atoms with Crippen molar-refractivity contribution in [1.29, 1.82) is 0 Å². The zero-order chi connectivity index (χ0) is 20.0. The normalized spacial score (nSPS) is 16.0. The summed E-state index contributed by atoms with van der Waals surface area (Å²) in [5.74, 6) is -0.502. The van der Waals surface area contributed by atoms with E-state index in [0.29, 0.717) is 11.1 Å². The minimum Gasteiger partial charge on any atom is -0.432 e. The van der Waals surface area contributed by atoms with Gasteiger partial charge < -0.3 is 4.80 Å². The molecule has 7 nitrogen and oxygen atoms in total. The Bertz CT molecular complexity index is 850. The van der Waals surface area contributed by atoms with Crippen LogP contribution < -0.4 is 4.90 Å². The summed E-state index contributed by atoms with van der Waals surface area (Å²) in [6.45, 7) is 10.1. The molecule has 0 saturated carbocycles. The van der Waals surface area contributed by atoms with Crippen molar-refractivity contribution in [2.75, 3.05) is 4.90 Å². The Balaban J connectivity index is 1.74. The standard InChI is InChI=1S/C19H26N4O3Si/c1-13(10-11-19(2,3)27(4,5)26)22-12-16(20-21-22)23-17(24)14-8-6-7-9-15(14)18(23)25/h6-9,12-13,26H,10-11H2,1-5H3/t13-/m1/s1. The van der Waals surface area contributed by atoms with Gasteiger partial charge in [-0.1, -0.05) is 31.2 Å². The SMILES string of the molecule is C[C@H](CCC(C)(C)[Si](C)(C)O)n1cc(N2C(=O)c3ccccc3C2=O)nn1. The molecule has 0 aliphatic carbocycles. The molecule has 0 saturated heterocycles. The molecule has 0 spiro atoms. The fraction of sp³-hybridized carbons (Fsp3) is 0.474. The van der Waals surface area contributed by atoms with Gasteiger partial charge in [0.05, 0.1) is 23.4 Å². The topological polar surface area (TPSA) is 88.3 Å². The number of amides is 2. The zero-order valence-corrected chi connectivity index (χ0v) is 17.4. The number of carbonyl (C=O) groups is 2. The monoisotopic (exact) mass is 386 g/mol. The van der Waals surface area contributed by atoms with E-state index in [1.54, 1.807) is 35.1 Å². The van der Waals surface area contributed by atoms with Gasteiger partial charge in [-0.25, -0.2) is 9.58 Å². The van der Waals surface area contributed by atoms with E-state index in [2.05, 4.69) is 24.2 Å². The van der Waals surface area contributed by atoms with E-state index < -0.39 is 8.32 Å². The Morgan fingerprint density at radius 1 is 1.15 bits per heavy atom. The van der Waals surface area contributed by atoms with Gasteiger partial charge in [0.25, 0.3) is 11.8 Å². The first-order valence-corrected chi connectivity index (χ1v) is 12.1. The minimum absolute atomic E-state index is 0.0389. The molecule has 3 rings (SSSR count). The number of aromatic nitrogens is 3. The number of imide groups is 1. The summed E-state index contributed by atoms with van der Waals surface area (Å²) < 4.78 is 1.68. The number of benzene rings is 1. The van der Waals surface area contributed by atoms with Gasteiger partial charge in [-0.3, -0.25) is 9.59 Å². The lowest BCUT2D eigenvalue weighted by atomic mass is 10.0. The lowest BCUT2D eigenvalue weighted by molar-refractivity contribution is 0.0925. The molecule has 0 radical (unpaired) electrons. The van der Waals surface area contributed by atoms with Crippen molar-refractivity contribution < 1.29 is 14.4 Å². The Kier molecular flexibility index (Phi) is 4.81. The predicted octanol–water partition coefficient (Wildman–Crippen LogP) is 3.40. The highest BCUT2D eigenvalue weighted by Gasteiger charge is 2.39. The molecule has 144 valence electrons. The van der Waals surface area contributed by atoms with Gasteiger partial charge in [-0.2, -0.15) is 0 Å². The van der Waals surface area contributed by atoms with Crippen LogP contribution in [0.4, 0.5) is 5.82 Å². The van der Waals surface area contributed by atoms with Crippen LogP contribution in [0.2, 0.25) is 18.1 Å². The Morgan fingerprint density at radius 3 is 2.22 bits per heavy atom. The summed E-state index contributed by atoms with van der Waals surface area (Å²) >= 11 is 0. The molecule has 2 heterocycles. The zero-order valence-electron chi connectivity index (χ0n) is 16.4. The molecule has 27 heavy (non-hydrogen) atoms. The first-order chi connectivity index (χ1) is 12.5. The van der Waals surface area contributed by atoms with Crippen molar-refractivity contribution >= 4 is 25.9 Å². The lowest BCUT2D eigenvalue weighted by Crippen LogP contribution is -2.39. The summed E-state index contributed by atoms with van der Waals surface area (Å²) in [6.07, 6.45) is 3.31. The van der Waals surface area contributed by atoms with Crippen molar-refractivity contribution in [3.8, 4) is 0 Å². The van der Waals surface area contributed by atoms with Crippen LogP contribution >= 0.6 is 0 Å². The van der Waals surface area contributed by atoms with Gasteiger partial charge in [0.15, 0.2) is 14.1 Å². The van der Waals surface area contributed by atoms with Gasteiger partial charge in [-0.05, 0) is 50.0 Å². The Labute approximate surface area is 160 Å². The quantitative estimate of drug-likeness (QED) is 0.607. The highest BCUT2D eigenvalue weighted by Crippen LogP contribution is 2.41. The van der Waals surface area contributed by atoms with E-state index >= 15 is 0 Å². The first kappa shape index (κ1) is 19.4. The molecule has 1 aliphatic heterocycles. The largest absolute Gasteiger partial charge is 0.432 e. The van der Waals surface area contributed by atoms with E-state index in [-0.39, 0.29) is 28.7 Å².